The smallest absolute Gasteiger partial charge is 0.335 e. The highest BCUT2D eigenvalue weighted by molar-refractivity contribution is 7.08. The summed E-state index contributed by atoms with van der Waals surface area (Å²) in [7, 11) is 0. The number of fused-ring (bicyclic) bond motifs is 1. The van der Waals surface area contributed by atoms with Crippen LogP contribution >= 0.6 is 22.9 Å². The van der Waals surface area contributed by atoms with E-state index in [4.69, 9.17) is 11.6 Å². The second kappa shape index (κ2) is 7.71. The van der Waals surface area contributed by atoms with Crippen molar-refractivity contribution in [1.29, 1.82) is 0 Å². The lowest BCUT2D eigenvalue weighted by molar-refractivity contribution is 0.0697. The van der Waals surface area contributed by atoms with Crippen molar-refractivity contribution in [2.24, 2.45) is 0 Å². The topological polar surface area (TPSA) is 95.3 Å². The number of H-pyrrole nitrogens is 1. The third-order valence-corrected chi connectivity index (χ3v) is 6.23. The molecule has 3 heterocycles. The van der Waals surface area contributed by atoms with Gasteiger partial charge in [0.05, 0.1) is 16.6 Å². The fraction of sp³-hybridized carbons (Fsp3) is 0. The average Bonchev–Trinajstić information content (AvgIpc) is 3.42. The van der Waals surface area contributed by atoms with E-state index >= 15 is 0 Å². The molecule has 0 fully saturated rings. The van der Waals surface area contributed by atoms with Gasteiger partial charge in [-0.25, -0.2) is 4.79 Å². The molecule has 32 heavy (non-hydrogen) atoms. The van der Waals surface area contributed by atoms with Crippen LogP contribution in [0.5, 0.6) is 5.75 Å². The highest BCUT2D eigenvalue weighted by Gasteiger charge is 2.21. The second-order valence-electron chi connectivity index (χ2n) is 7.19. The molecule has 0 radical (unpaired) electrons. The zero-order valence-electron chi connectivity index (χ0n) is 16.4. The highest BCUT2D eigenvalue weighted by atomic mass is 35.5. The summed E-state index contributed by atoms with van der Waals surface area (Å²) in [5, 5.41) is 24.8. The summed E-state index contributed by atoms with van der Waals surface area (Å²) >= 11 is 8.10. The molecule has 0 atom stereocenters. The number of aromatic hydroxyl groups is 1. The maximum Gasteiger partial charge on any atom is 0.335 e. The number of nitrogens with one attached hydrogen (secondary N) is 1. The van der Waals surface area contributed by atoms with Gasteiger partial charge in [0, 0.05) is 5.69 Å². The van der Waals surface area contributed by atoms with Gasteiger partial charge >= 0.3 is 5.97 Å². The molecular weight excluding hydrogens is 448 g/mol. The monoisotopic (exact) mass is 462 g/mol. The Kier molecular flexibility index (Phi) is 4.84. The van der Waals surface area contributed by atoms with Crippen LogP contribution in [0.1, 0.15) is 10.4 Å². The van der Waals surface area contributed by atoms with Crippen molar-refractivity contribution in [3.8, 4) is 33.7 Å². The molecule has 3 N–H and O–H groups in total. The summed E-state index contributed by atoms with van der Waals surface area (Å²) in [6, 6.07) is 17.2. The minimum Gasteiger partial charge on any atom is -0.505 e. The summed E-state index contributed by atoms with van der Waals surface area (Å²) < 4.78 is 1.64. The van der Waals surface area contributed by atoms with Crippen LogP contribution in [-0.2, 0) is 0 Å². The van der Waals surface area contributed by atoms with Gasteiger partial charge in [-0.2, -0.15) is 11.3 Å². The van der Waals surface area contributed by atoms with Gasteiger partial charge in [0.25, 0.3) is 5.56 Å². The predicted octanol–water partition coefficient (Wildman–Crippen LogP) is 5.77. The molecule has 5 aromatic rings. The van der Waals surface area contributed by atoms with E-state index in [1.807, 2.05) is 35.7 Å². The Bertz CT molecular complexity index is 1530. The van der Waals surface area contributed by atoms with Gasteiger partial charge in [-0.3, -0.25) is 9.36 Å². The lowest BCUT2D eigenvalue weighted by atomic mass is 10.0. The first-order valence-electron chi connectivity index (χ1n) is 9.57. The number of hydrogen-bond donors (Lipinski definition) is 3. The molecule has 6 nitrogen and oxygen atoms in total. The first kappa shape index (κ1) is 20.1. The van der Waals surface area contributed by atoms with Gasteiger partial charge < -0.3 is 15.2 Å². The van der Waals surface area contributed by atoms with E-state index < -0.39 is 11.5 Å². The zero-order chi connectivity index (χ0) is 22.4. The molecule has 0 amide bonds. The first-order chi connectivity index (χ1) is 15.4. The normalized spacial score (nSPS) is 11.2. The highest BCUT2D eigenvalue weighted by Crippen LogP contribution is 2.37. The van der Waals surface area contributed by atoms with E-state index in [2.05, 4.69) is 10.4 Å². The molecule has 0 saturated heterocycles. The van der Waals surface area contributed by atoms with Crippen molar-refractivity contribution < 1.29 is 15.0 Å². The van der Waals surface area contributed by atoms with Crippen LogP contribution in [0, 0.1) is 0 Å². The van der Waals surface area contributed by atoms with Crippen molar-refractivity contribution in [3.05, 3.63) is 92.5 Å². The van der Waals surface area contributed by atoms with Gasteiger partial charge in [-0.15, -0.1) is 0 Å². The van der Waals surface area contributed by atoms with Gasteiger partial charge in [0.1, 0.15) is 10.7 Å². The van der Waals surface area contributed by atoms with Gasteiger partial charge in [0.2, 0.25) is 0 Å². The van der Waals surface area contributed by atoms with E-state index in [1.165, 1.54) is 18.2 Å². The van der Waals surface area contributed by atoms with E-state index in [9.17, 15) is 19.8 Å². The molecule has 0 aliphatic rings. The third-order valence-electron chi connectivity index (χ3n) is 5.27. The molecule has 158 valence electrons. The third kappa shape index (κ3) is 3.28. The van der Waals surface area contributed by atoms with E-state index in [-0.39, 0.29) is 16.9 Å². The summed E-state index contributed by atoms with van der Waals surface area (Å²) in [6.45, 7) is 0. The van der Waals surface area contributed by atoms with Crippen LogP contribution in [0.25, 0.3) is 39.0 Å². The van der Waals surface area contributed by atoms with Gasteiger partial charge in [0.15, 0.2) is 5.75 Å². The maximum absolute atomic E-state index is 12.8. The molecular formula is C24H15ClN2O4S. The number of carboxylic acid groups (broad SMARTS) is 1. The average molecular weight is 463 g/mol. The van der Waals surface area contributed by atoms with E-state index in [1.54, 1.807) is 28.0 Å². The maximum atomic E-state index is 12.8. The Hall–Kier alpha value is -3.81. The summed E-state index contributed by atoms with van der Waals surface area (Å²) in [4.78, 5) is 26.9. The van der Waals surface area contributed by atoms with E-state index in [0.29, 0.717) is 27.4 Å². The fourth-order valence-electron chi connectivity index (χ4n) is 3.78. The molecule has 2 aromatic carbocycles. The lowest BCUT2D eigenvalue weighted by Crippen LogP contribution is -2.10. The number of aromatic amines is 1. The van der Waals surface area contributed by atoms with Crippen molar-refractivity contribution in [3.63, 3.8) is 0 Å². The fourth-order valence-corrected chi connectivity index (χ4v) is 4.73. The molecule has 0 saturated carbocycles. The standard InChI is InChI=1S/C24H15ClN2O4S/c25-19-11-18-21(27(19)17-6-4-13(5-7-17)16-8-9-32-12-16)22(28)20(23(29)26-18)14-2-1-3-15(10-14)24(30)31/h1-12H,(H,30,31)(H2,26,28,29). The van der Waals surface area contributed by atoms with Crippen LogP contribution in [0.4, 0.5) is 0 Å². The Balaban J connectivity index is 1.71. The minimum atomic E-state index is -1.12. The van der Waals surface area contributed by atoms with Crippen molar-refractivity contribution in [2.45, 2.75) is 0 Å². The molecule has 3 aromatic heterocycles. The molecule has 0 aliphatic carbocycles. The first-order valence-corrected chi connectivity index (χ1v) is 10.9. The number of thiophene rings is 1. The number of benzene rings is 2. The molecule has 0 aliphatic heterocycles. The molecule has 0 unspecified atom stereocenters. The Morgan fingerprint density at radius 1 is 1.00 bits per heavy atom. The quantitative estimate of drug-likeness (QED) is 0.316. The number of nitrogens with zero attached hydrogens (tertiary/aromatic N) is 1. The summed E-state index contributed by atoms with van der Waals surface area (Å²) in [5.74, 6) is -1.40. The Morgan fingerprint density at radius 2 is 1.78 bits per heavy atom. The summed E-state index contributed by atoms with van der Waals surface area (Å²) in [6.07, 6.45) is 0. The van der Waals surface area contributed by atoms with Crippen LogP contribution in [0.2, 0.25) is 5.15 Å². The number of hydrogen-bond acceptors (Lipinski definition) is 4. The van der Waals surface area contributed by atoms with Gasteiger partial charge in [-0.05, 0) is 63.8 Å². The number of carboxylic acids is 1. The van der Waals surface area contributed by atoms with Crippen LogP contribution in [0.3, 0.4) is 0 Å². The largest absolute Gasteiger partial charge is 0.505 e. The van der Waals surface area contributed by atoms with Gasteiger partial charge in [-0.1, -0.05) is 35.9 Å². The number of aromatic nitrogens is 2. The van der Waals surface area contributed by atoms with Crippen LogP contribution in [-0.4, -0.2) is 25.7 Å². The van der Waals surface area contributed by atoms with Crippen LogP contribution < -0.4 is 5.56 Å². The Morgan fingerprint density at radius 3 is 2.47 bits per heavy atom. The molecule has 5 rings (SSSR count). The minimum absolute atomic E-state index is 0.0128. The lowest BCUT2D eigenvalue weighted by Gasteiger charge is -2.12. The van der Waals surface area contributed by atoms with Crippen molar-refractivity contribution in [1.82, 2.24) is 9.55 Å². The van der Waals surface area contributed by atoms with Crippen molar-refractivity contribution in [2.75, 3.05) is 0 Å². The number of rotatable bonds is 4. The number of aromatic carboxylic acids is 1. The van der Waals surface area contributed by atoms with Crippen LogP contribution in [0.15, 0.2) is 76.2 Å². The molecule has 8 heteroatoms. The number of pyridine rings is 1. The molecule has 0 bridgehead atoms. The SMILES string of the molecule is O=C(O)c1cccc(-c2c(O)c3c(cc(Cl)n3-c3ccc(-c4ccsc4)cc3)[nH]c2=O)c1. The predicted molar refractivity (Wildman–Crippen MR) is 126 cm³/mol. The van der Waals surface area contributed by atoms with Crippen molar-refractivity contribution >= 4 is 39.9 Å². The summed E-state index contributed by atoms with van der Waals surface area (Å²) in [5.41, 5.74) is 3.30. The Labute approximate surface area is 190 Å². The second-order valence-corrected chi connectivity index (χ2v) is 8.35. The number of carbonyl (C=O) groups is 1. The number of halogens is 1. The van der Waals surface area contributed by atoms with E-state index in [0.717, 1.165) is 11.1 Å². The zero-order valence-corrected chi connectivity index (χ0v) is 17.9. The molecule has 0 spiro atoms.